The van der Waals surface area contributed by atoms with Crippen LogP contribution in [0.3, 0.4) is 0 Å². The van der Waals surface area contributed by atoms with Crippen LogP contribution in [0.15, 0.2) is 47.1 Å². The number of hydrogen-bond donors (Lipinski definition) is 1. The summed E-state index contributed by atoms with van der Waals surface area (Å²) >= 11 is 6.00. The molecule has 0 aliphatic heterocycles. The van der Waals surface area contributed by atoms with Gasteiger partial charge in [0.25, 0.3) is 5.91 Å². The SMILES string of the molecule is O=C(C1CC1)n1nc(-c2ccco2)nc1NCc1cccc(Cl)c1. The molecule has 0 bridgehead atoms. The Bertz CT molecular complexity index is 869. The van der Waals surface area contributed by atoms with Gasteiger partial charge in [-0.3, -0.25) is 4.79 Å². The largest absolute Gasteiger partial charge is 0.461 e. The zero-order chi connectivity index (χ0) is 16.5. The van der Waals surface area contributed by atoms with E-state index in [9.17, 15) is 4.79 Å². The Morgan fingerprint density at radius 2 is 2.21 bits per heavy atom. The molecule has 4 rings (SSSR count). The fourth-order valence-electron chi connectivity index (χ4n) is 2.42. The molecule has 0 amide bonds. The number of benzene rings is 1. The van der Waals surface area contributed by atoms with Crippen molar-refractivity contribution < 1.29 is 9.21 Å². The number of nitrogens with zero attached hydrogens (tertiary/aromatic N) is 3. The first-order chi connectivity index (χ1) is 11.7. The molecular formula is C17H15ClN4O2. The first kappa shape index (κ1) is 15.0. The summed E-state index contributed by atoms with van der Waals surface area (Å²) in [6.45, 7) is 0.495. The molecule has 1 N–H and O–H groups in total. The van der Waals surface area contributed by atoms with Crippen LogP contribution < -0.4 is 5.32 Å². The van der Waals surface area contributed by atoms with Crippen LogP contribution in [0.1, 0.15) is 23.2 Å². The average molecular weight is 343 g/mol. The van der Waals surface area contributed by atoms with Crippen molar-refractivity contribution in [2.24, 2.45) is 5.92 Å². The molecule has 0 saturated heterocycles. The molecule has 0 unspecified atom stereocenters. The Hall–Kier alpha value is -2.60. The molecule has 0 radical (unpaired) electrons. The van der Waals surface area contributed by atoms with Gasteiger partial charge >= 0.3 is 0 Å². The van der Waals surface area contributed by atoms with Crippen molar-refractivity contribution in [3.8, 4) is 11.6 Å². The molecular weight excluding hydrogens is 328 g/mol. The Labute approximate surface area is 143 Å². The van der Waals surface area contributed by atoms with Gasteiger partial charge in [-0.25, -0.2) is 0 Å². The lowest BCUT2D eigenvalue weighted by Crippen LogP contribution is -2.18. The second-order valence-electron chi connectivity index (χ2n) is 5.74. The van der Waals surface area contributed by atoms with Crippen LogP contribution in [-0.4, -0.2) is 20.7 Å². The molecule has 122 valence electrons. The van der Waals surface area contributed by atoms with Crippen LogP contribution in [0.25, 0.3) is 11.6 Å². The number of furan rings is 1. The van der Waals surface area contributed by atoms with Crippen molar-refractivity contribution in [1.29, 1.82) is 0 Å². The van der Waals surface area contributed by atoms with Crippen molar-refractivity contribution in [2.45, 2.75) is 19.4 Å². The number of aromatic nitrogens is 3. The first-order valence-electron chi connectivity index (χ1n) is 7.74. The molecule has 2 aromatic heterocycles. The fourth-order valence-corrected chi connectivity index (χ4v) is 2.63. The standard InChI is InChI=1S/C17H15ClN4O2/c18-13-4-1-3-11(9-13)10-19-17-20-15(14-5-2-8-24-14)21-22(17)16(23)12-6-7-12/h1-5,8-9,12H,6-7,10H2,(H,19,20,21). The molecule has 1 aliphatic carbocycles. The maximum Gasteiger partial charge on any atom is 0.253 e. The Kier molecular flexibility index (Phi) is 3.82. The molecule has 7 heteroatoms. The van der Waals surface area contributed by atoms with E-state index < -0.39 is 0 Å². The Morgan fingerprint density at radius 3 is 2.92 bits per heavy atom. The molecule has 2 heterocycles. The zero-order valence-electron chi connectivity index (χ0n) is 12.8. The highest BCUT2D eigenvalue weighted by Gasteiger charge is 2.33. The maximum absolute atomic E-state index is 12.4. The van der Waals surface area contributed by atoms with Crippen molar-refractivity contribution in [2.75, 3.05) is 5.32 Å². The minimum Gasteiger partial charge on any atom is -0.461 e. The smallest absolute Gasteiger partial charge is 0.253 e. The second kappa shape index (κ2) is 6.13. The summed E-state index contributed by atoms with van der Waals surface area (Å²) in [6, 6.07) is 11.0. The van der Waals surface area contributed by atoms with E-state index in [1.54, 1.807) is 18.4 Å². The summed E-state index contributed by atoms with van der Waals surface area (Å²) in [4.78, 5) is 16.9. The Morgan fingerprint density at radius 1 is 1.33 bits per heavy atom. The summed E-state index contributed by atoms with van der Waals surface area (Å²) in [5.41, 5.74) is 0.996. The van der Waals surface area contributed by atoms with Gasteiger partial charge in [-0.15, -0.1) is 5.10 Å². The van der Waals surface area contributed by atoms with Crippen LogP contribution in [0.5, 0.6) is 0 Å². The molecule has 1 fully saturated rings. The van der Waals surface area contributed by atoms with Crippen LogP contribution in [0, 0.1) is 5.92 Å². The van der Waals surface area contributed by atoms with Crippen LogP contribution in [0.4, 0.5) is 5.95 Å². The summed E-state index contributed by atoms with van der Waals surface area (Å²) in [5, 5.41) is 8.16. The predicted octanol–water partition coefficient (Wildman–Crippen LogP) is 3.85. The summed E-state index contributed by atoms with van der Waals surface area (Å²) < 4.78 is 6.67. The minimum absolute atomic E-state index is 0.0334. The molecule has 24 heavy (non-hydrogen) atoms. The van der Waals surface area contributed by atoms with E-state index in [-0.39, 0.29) is 11.8 Å². The monoisotopic (exact) mass is 342 g/mol. The van der Waals surface area contributed by atoms with Gasteiger partial charge in [0.05, 0.1) is 6.26 Å². The third-order valence-corrected chi connectivity index (χ3v) is 4.06. The van der Waals surface area contributed by atoms with E-state index in [4.69, 9.17) is 16.0 Å². The molecule has 0 atom stereocenters. The molecule has 0 spiro atoms. The van der Waals surface area contributed by atoms with E-state index >= 15 is 0 Å². The fraction of sp³-hybridized carbons (Fsp3) is 0.235. The van der Waals surface area contributed by atoms with E-state index in [1.807, 2.05) is 24.3 Å². The quantitative estimate of drug-likeness (QED) is 0.762. The highest BCUT2D eigenvalue weighted by Crippen LogP contribution is 2.32. The topological polar surface area (TPSA) is 73.0 Å². The highest BCUT2D eigenvalue weighted by atomic mass is 35.5. The number of carbonyl (C=O) groups excluding carboxylic acids is 1. The molecule has 1 aliphatic rings. The van der Waals surface area contributed by atoms with Crippen LogP contribution in [0.2, 0.25) is 5.02 Å². The molecule has 1 saturated carbocycles. The lowest BCUT2D eigenvalue weighted by atomic mass is 10.2. The van der Waals surface area contributed by atoms with Crippen LogP contribution in [-0.2, 0) is 6.54 Å². The van der Waals surface area contributed by atoms with Gasteiger partial charge in [-0.1, -0.05) is 23.7 Å². The van der Waals surface area contributed by atoms with Crippen molar-refractivity contribution >= 4 is 23.5 Å². The highest BCUT2D eigenvalue weighted by molar-refractivity contribution is 6.30. The number of carbonyl (C=O) groups is 1. The van der Waals surface area contributed by atoms with E-state index in [0.29, 0.717) is 29.1 Å². The molecule has 1 aromatic carbocycles. The average Bonchev–Trinajstić information content (AvgIpc) is 3.11. The van der Waals surface area contributed by atoms with Gasteiger partial charge in [0.2, 0.25) is 11.8 Å². The van der Waals surface area contributed by atoms with E-state index in [0.717, 1.165) is 18.4 Å². The number of halogens is 1. The van der Waals surface area contributed by atoms with Gasteiger partial charge < -0.3 is 9.73 Å². The third-order valence-electron chi connectivity index (χ3n) is 3.82. The lowest BCUT2D eigenvalue weighted by molar-refractivity contribution is 0.0872. The molecule has 6 nitrogen and oxygen atoms in total. The third kappa shape index (κ3) is 3.05. The van der Waals surface area contributed by atoms with Gasteiger partial charge in [0.15, 0.2) is 5.76 Å². The zero-order valence-corrected chi connectivity index (χ0v) is 13.5. The lowest BCUT2D eigenvalue weighted by Gasteiger charge is -2.07. The van der Waals surface area contributed by atoms with Gasteiger partial charge in [-0.05, 0) is 42.7 Å². The van der Waals surface area contributed by atoms with Gasteiger partial charge in [0, 0.05) is 17.5 Å². The van der Waals surface area contributed by atoms with Crippen molar-refractivity contribution in [3.63, 3.8) is 0 Å². The second-order valence-corrected chi connectivity index (χ2v) is 6.18. The normalized spacial score (nSPS) is 13.9. The number of hydrogen-bond acceptors (Lipinski definition) is 5. The number of rotatable bonds is 5. The Balaban J connectivity index is 1.61. The number of anilines is 1. The van der Waals surface area contributed by atoms with Crippen LogP contribution >= 0.6 is 11.6 Å². The van der Waals surface area contributed by atoms with Crippen molar-refractivity contribution in [3.05, 3.63) is 53.2 Å². The first-order valence-corrected chi connectivity index (χ1v) is 8.12. The summed E-state index contributed by atoms with van der Waals surface area (Å²) in [5.74, 6) is 1.35. The minimum atomic E-state index is -0.0334. The molecule has 3 aromatic rings. The van der Waals surface area contributed by atoms with Gasteiger partial charge in [0.1, 0.15) is 0 Å². The van der Waals surface area contributed by atoms with Gasteiger partial charge in [-0.2, -0.15) is 9.67 Å². The summed E-state index contributed by atoms with van der Waals surface area (Å²) in [7, 11) is 0. The van der Waals surface area contributed by atoms with E-state index in [1.165, 1.54) is 4.68 Å². The van der Waals surface area contributed by atoms with Crippen molar-refractivity contribution in [1.82, 2.24) is 14.8 Å². The number of nitrogens with one attached hydrogen (secondary N) is 1. The summed E-state index contributed by atoms with van der Waals surface area (Å²) in [6.07, 6.45) is 3.36. The predicted molar refractivity (Wildman–Crippen MR) is 89.9 cm³/mol. The van der Waals surface area contributed by atoms with E-state index in [2.05, 4.69) is 15.4 Å². The maximum atomic E-state index is 12.4.